The maximum atomic E-state index is 13.9. The van der Waals surface area contributed by atoms with Crippen LogP contribution in [0.1, 0.15) is 17.9 Å². The SMILES string of the molecule is Cc1cccc(S(=O)(=O)N2C[C@H](CCc3n[nH]c(=O)o3)Oc3ccc(-c4cccc(N(C)C)n4)cc32)c1. The van der Waals surface area contributed by atoms with Gasteiger partial charge in [-0.05, 0) is 61.4 Å². The summed E-state index contributed by atoms with van der Waals surface area (Å²) in [6.45, 7) is 1.95. The zero-order valence-electron chi connectivity index (χ0n) is 20.7. The Morgan fingerprint density at radius 2 is 1.92 bits per heavy atom. The number of aromatic nitrogens is 3. The van der Waals surface area contributed by atoms with E-state index in [1.54, 1.807) is 30.3 Å². The second kappa shape index (κ2) is 9.74. The lowest BCUT2D eigenvalue weighted by Crippen LogP contribution is -2.43. The average molecular weight is 522 g/mol. The van der Waals surface area contributed by atoms with E-state index in [4.69, 9.17) is 14.1 Å². The zero-order chi connectivity index (χ0) is 26.2. The predicted molar refractivity (Wildman–Crippen MR) is 140 cm³/mol. The van der Waals surface area contributed by atoms with Crippen LogP contribution in [0.25, 0.3) is 11.3 Å². The quantitative estimate of drug-likeness (QED) is 0.393. The van der Waals surface area contributed by atoms with Crippen molar-refractivity contribution in [2.24, 2.45) is 0 Å². The lowest BCUT2D eigenvalue weighted by molar-refractivity contribution is 0.187. The number of pyridine rings is 1. The van der Waals surface area contributed by atoms with Gasteiger partial charge < -0.3 is 14.1 Å². The van der Waals surface area contributed by atoms with E-state index in [-0.39, 0.29) is 17.3 Å². The van der Waals surface area contributed by atoms with E-state index >= 15 is 0 Å². The van der Waals surface area contributed by atoms with Gasteiger partial charge in [-0.3, -0.25) is 4.31 Å². The molecule has 1 aliphatic heterocycles. The minimum absolute atomic E-state index is 0.0898. The van der Waals surface area contributed by atoms with Crippen molar-refractivity contribution >= 4 is 21.5 Å². The smallest absolute Gasteiger partial charge is 0.434 e. The van der Waals surface area contributed by atoms with E-state index < -0.39 is 21.9 Å². The molecule has 192 valence electrons. The first-order valence-corrected chi connectivity index (χ1v) is 13.2. The third-order valence-corrected chi connectivity index (χ3v) is 7.89. The van der Waals surface area contributed by atoms with Gasteiger partial charge in [0.25, 0.3) is 10.0 Å². The number of fused-ring (bicyclic) bond motifs is 1. The van der Waals surface area contributed by atoms with Crippen LogP contribution < -0.4 is 19.7 Å². The van der Waals surface area contributed by atoms with Crippen molar-refractivity contribution in [2.45, 2.75) is 30.8 Å². The Morgan fingerprint density at radius 3 is 2.65 bits per heavy atom. The fourth-order valence-corrected chi connectivity index (χ4v) is 5.84. The molecule has 37 heavy (non-hydrogen) atoms. The first-order chi connectivity index (χ1) is 17.7. The summed E-state index contributed by atoms with van der Waals surface area (Å²) >= 11 is 0. The number of hydrogen-bond donors (Lipinski definition) is 1. The third-order valence-electron chi connectivity index (χ3n) is 6.12. The molecule has 3 heterocycles. The highest BCUT2D eigenvalue weighted by Gasteiger charge is 2.35. The Hall–Kier alpha value is -4.12. The lowest BCUT2D eigenvalue weighted by atomic mass is 10.1. The van der Waals surface area contributed by atoms with E-state index in [9.17, 15) is 13.2 Å². The van der Waals surface area contributed by atoms with Gasteiger partial charge in [-0.25, -0.2) is 23.3 Å². The number of nitrogens with one attached hydrogen (secondary N) is 1. The molecule has 1 aliphatic rings. The van der Waals surface area contributed by atoms with Crippen LogP contribution >= 0.6 is 0 Å². The Morgan fingerprint density at radius 1 is 1.11 bits per heavy atom. The van der Waals surface area contributed by atoms with Crippen molar-refractivity contribution in [3.05, 3.63) is 82.7 Å². The van der Waals surface area contributed by atoms with Crippen molar-refractivity contribution < 1.29 is 17.6 Å². The Bertz CT molecular complexity index is 1590. The largest absolute Gasteiger partial charge is 0.486 e. The van der Waals surface area contributed by atoms with Crippen molar-refractivity contribution in [2.75, 3.05) is 29.8 Å². The van der Waals surface area contributed by atoms with Gasteiger partial charge in [-0.15, -0.1) is 5.10 Å². The number of anilines is 2. The average Bonchev–Trinajstić information content (AvgIpc) is 3.31. The minimum Gasteiger partial charge on any atom is -0.486 e. The van der Waals surface area contributed by atoms with Crippen LogP contribution in [0.2, 0.25) is 0 Å². The molecule has 0 radical (unpaired) electrons. The molecule has 0 saturated carbocycles. The maximum Gasteiger partial charge on any atom is 0.434 e. The summed E-state index contributed by atoms with van der Waals surface area (Å²) in [6.07, 6.45) is 0.243. The number of rotatable bonds is 7. The molecular formula is C26H27N5O5S. The molecule has 1 N–H and O–H groups in total. The fourth-order valence-electron chi connectivity index (χ4n) is 4.24. The van der Waals surface area contributed by atoms with Crippen LogP contribution in [-0.4, -0.2) is 50.3 Å². The first kappa shape index (κ1) is 24.6. The molecule has 2 aromatic heterocycles. The van der Waals surface area contributed by atoms with Gasteiger partial charge >= 0.3 is 5.76 Å². The summed E-state index contributed by atoms with van der Waals surface area (Å²) in [6, 6.07) is 18.0. The van der Waals surface area contributed by atoms with Crippen molar-refractivity contribution in [1.82, 2.24) is 15.2 Å². The molecule has 2 aromatic carbocycles. The number of H-pyrrole nitrogens is 1. The fraction of sp³-hybridized carbons (Fsp3) is 0.269. The van der Waals surface area contributed by atoms with E-state index in [0.717, 1.165) is 22.6 Å². The summed E-state index contributed by atoms with van der Waals surface area (Å²) in [5.74, 6) is 0.854. The lowest BCUT2D eigenvalue weighted by Gasteiger charge is -2.35. The van der Waals surface area contributed by atoms with Gasteiger partial charge in [0, 0.05) is 26.1 Å². The standard InChI is InChI=1S/C26H27N5O5S/c1-17-6-4-7-20(14-17)37(33,34)31-16-19(11-13-25-28-29-26(32)36-25)35-23-12-10-18(15-22(23)31)21-8-5-9-24(27-21)30(2)3/h4-10,12,14-15,19H,11,13,16H2,1-3H3,(H,29,32)/t19-/m0/s1. The highest BCUT2D eigenvalue weighted by atomic mass is 32.2. The first-order valence-electron chi connectivity index (χ1n) is 11.8. The van der Waals surface area contributed by atoms with Gasteiger partial charge in [0.05, 0.1) is 22.8 Å². The topological polar surface area (TPSA) is 122 Å². The van der Waals surface area contributed by atoms with Gasteiger partial charge in [-0.1, -0.05) is 18.2 Å². The van der Waals surface area contributed by atoms with Crippen LogP contribution in [0.5, 0.6) is 5.75 Å². The number of benzene rings is 2. The zero-order valence-corrected chi connectivity index (χ0v) is 21.5. The Balaban J connectivity index is 1.54. The molecule has 4 aromatic rings. The second-order valence-electron chi connectivity index (χ2n) is 9.10. The van der Waals surface area contributed by atoms with Crippen LogP contribution in [-0.2, 0) is 16.4 Å². The molecule has 0 bridgehead atoms. The summed E-state index contributed by atoms with van der Waals surface area (Å²) in [7, 11) is -0.0729. The highest BCUT2D eigenvalue weighted by Crippen LogP contribution is 2.40. The van der Waals surface area contributed by atoms with Crippen molar-refractivity contribution in [3.8, 4) is 17.0 Å². The van der Waals surface area contributed by atoms with Crippen molar-refractivity contribution in [3.63, 3.8) is 0 Å². The second-order valence-corrected chi connectivity index (χ2v) is 11.0. The monoisotopic (exact) mass is 521 g/mol. The van der Waals surface area contributed by atoms with Crippen molar-refractivity contribution in [1.29, 1.82) is 0 Å². The predicted octanol–water partition coefficient (Wildman–Crippen LogP) is 3.39. The Labute approximate surface area is 214 Å². The van der Waals surface area contributed by atoms with E-state index in [1.165, 1.54) is 4.31 Å². The number of sulfonamides is 1. The maximum absolute atomic E-state index is 13.9. The van der Waals surface area contributed by atoms with Crippen LogP contribution in [0.3, 0.4) is 0 Å². The number of nitrogens with zero attached hydrogens (tertiary/aromatic N) is 4. The molecule has 0 saturated heterocycles. The van der Waals surface area contributed by atoms with Gasteiger partial charge in [0.15, 0.2) is 0 Å². The molecule has 5 rings (SSSR count). The number of hydrogen-bond acceptors (Lipinski definition) is 8. The molecule has 0 unspecified atom stereocenters. The molecule has 10 nitrogen and oxygen atoms in total. The van der Waals surface area contributed by atoms with Crippen LogP contribution in [0.4, 0.5) is 11.5 Å². The van der Waals surface area contributed by atoms with E-state index in [2.05, 4.69) is 10.2 Å². The number of aromatic amines is 1. The molecule has 11 heteroatoms. The van der Waals surface area contributed by atoms with Crippen LogP contribution in [0.15, 0.2) is 74.8 Å². The molecule has 0 amide bonds. The molecule has 0 aliphatic carbocycles. The normalized spacial score (nSPS) is 15.2. The summed E-state index contributed by atoms with van der Waals surface area (Å²) < 4.78 is 40.4. The van der Waals surface area contributed by atoms with E-state index in [0.29, 0.717) is 24.3 Å². The third kappa shape index (κ3) is 5.08. The number of aryl methyl sites for hydroxylation is 2. The van der Waals surface area contributed by atoms with Gasteiger partial charge in [0.2, 0.25) is 5.89 Å². The molecule has 0 fully saturated rings. The van der Waals surface area contributed by atoms with E-state index in [1.807, 2.05) is 56.3 Å². The Kier molecular flexibility index (Phi) is 6.46. The van der Waals surface area contributed by atoms with Gasteiger partial charge in [0.1, 0.15) is 17.7 Å². The molecule has 1 atom stereocenters. The molecular weight excluding hydrogens is 494 g/mol. The molecule has 0 spiro atoms. The summed E-state index contributed by atoms with van der Waals surface area (Å²) in [4.78, 5) is 18.1. The number of ether oxygens (including phenoxy) is 1. The highest BCUT2D eigenvalue weighted by molar-refractivity contribution is 7.92. The summed E-state index contributed by atoms with van der Waals surface area (Å²) in [5, 5.41) is 6.07. The van der Waals surface area contributed by atoms with Crippen LogP contribution in [0, 0.1) is 6.92 Å². The van der Waals surface area contributed by atoms with Gasteiger partial charge in [-0.2, -0.15) is 0 Å². The minimum atomic E-state index is -3.90. The summed E-state index contributed by atoms with van der Waals surface area (Å²) in [5.41, 5.74) is 2.78.